The van der Waals surface area contributed by atoms with Crippen LogP contribution in [0, 0.1) is 11.6 Å². The summed E-state index contributed by atoms with van der Waals surface area (Å²) < 4.78 is 2.75. The van der Waals surface area contributed by atoms with Crippen molar-refractivity contribution in [2.24, 2.45) is 7.05 Å². The van der Waals surface area contributed by atoms with Crippen molar-refractivity contribution >= 4 is 12.2 Å². The molecule has 2 nitrogen and oxygen atoms in total. The van der Waals surface area contributed by atoms with Gasteiger partial charge in [-0.05, 0) is 19.1 Å². The van der Waals surface area contributed by atoms with E-state index < -0.39 is 0 Å². The lowest BCUT2D eigenvalue weighted by Crippen LogP contribution is -2.27. The van der Waals surface area contributed by atoms with E-state index in [9.17, 15) is 0 Å². The van der Waals surface area contributed by atoms with E-state index in [1.807, 2.05) is 31.1 Å². The second-order valence-corrected chi connectivity index (χ2v) is 2.49. The van der Waals surface area contributed by atoms with Crippen LogP contribution >= 0.6 is 12.2 Å². The van der Waals surface area contributed by atoms with Crippen molar-refractivity contribution in [2.75, 3.05) is 0 Å². The molecule has 0 saturated heterocycles. The minimum Gasteiger partial charge on any atom is -0.243 e. The maximum Gasteiger partial charge on any atom is 0.242 e. The summed E-state index contributed by atoms with van der Waals surface area (Å²) in [6.07, 6.45) is 3.81. The van der Waals surface area contributed by atoms with Crippen LogP contribution in [-0.2, 0) is 7.05 Å². The van der Waals surface area contributed by atoms with Gasteiger partial charge in [-0.2, -0.15) is 0 Å². The van der Waals surface area contributed by atoms with Crippen LogP contribution in [0.1, 0.15) is 5.56 Å². The number of H-pyrrole nitrogens is 1. The largest absolute Gasteiger partial charge is 0.243 e. The summed E-state index contributed by atoms with van der Waals surface area (Å²) in [7, 11) is 1.96. The minimum atomic E-state index is 0.813. The van der Waals surface area contributed by atoms with Crippen molar-refractivity contribution in [3.8, 4) is 0 Å². The first-order valence-electron chi connectivity index (χ1n) is 2.75. The monoisotopic (exact) mass is 141 g/mol. The molecule has 0 aromatic carbocycles. The molecule has 0 unspecified atom stereocenters. The third-order valence-electron chi connectivity index (χ3n) is 1.15. The van der Waals surface area contributed by atoms with Crippen molar-refractivity contribution < 1.29 is 4.57 Å². The molecule has 1 aromatic heterocycles. The Hall–Kier alpha value is -0.700. The number of aromatic nitrogens is 2. The van der Waals surface area contributed by atoms with E-state index in [-0.39, 0.29) is 0 Å². The van der Waals surface area contributed by atoms with Gasteiger partial charge in [-0.1, -0.05) is 0 Å². The first kappa shape index (κ1) is 6.42. The van der Waals surface area contributed by atoms with E-state index in [4.69, 9.17) is 12.2 Å². The minimum absolute atomic E-state index is 0.813. The van der Waals surface area contributed by atoms with Gasteiger partial charge in [0.2, 0.25) is 6.33 Å². The SMILES string of the molecule is Cc1c[n+](C)c[nH]c1=S. The second-order valence-electron chi connectivity index (χ2n) is 2.08. The number of hydrogen-bond acceptors (Lipinski definition) is 1. The molecule has 1 aromatic rings. The summed E-state index contributed by atoms with van der Waals surface area (Å²) >= 11 is 4.94. The Balaban J connectivity index is 3.34. The van der Waals surface area contributed by atoms with Crippen LogP contribution in [0.5, 0.6) is 0 Å². The average Bonchev–Trinajstić information content (AvgIpc) is 1.80. The first-order valence-corrected chi connectivity index (χ1v) is 3.15. The van der Waals surface area contributed by atoms with E-state index in [1.54, 1.807) is 0 Å². The molecular formula is C6H9N2S+. The van der Waals surface area contributed by atoms with Gasteiger partial charge in [-0.3, -0.25) is 0 Å². The van der Waals surface area contributed by atoms with E-state index in [2.05, 4.69) is 4.98 Å². The molecule has 0 aliphatic carbocycles. The smallest absolute Gasteiger partial charge is 0.242 e. The standard InChI is InChI=1S/C6H8N2S/c1-5-3-8(2)4-7-6(5)9/h3-4H,1-2H3/p+1. The van der Waals surface area contributed by atoms with Crippen LogP contribution in [0.2, 0.25) is 0 Å². The highest BCUT2D eigenvalue weighted by Crippen LogP contribution is 1.89. The van der Waals surface area contributed by atoms with Crippen molar-refractivity contribution in [1.29, 1.82) is 0 Å². The quantitative estimate of drug-likeness (QED) is 0.420. The van der Waals surface area contributed by atoms with Gasteiger partial charge in [0.1, 0.15) is 0 Å². The Morgan fingerprint density at radius 3 is 2.78 bits per heavy atom. The van der Waals surface area contributed by atoms with Crippen LogP contribution < -0.4 is 4.57 Å². The van der Waals surface area contributed by atoms with Crippen LogP contribution in [0.4, 0.5) is 0 Å². The third kappa shape index (κ3) is 1.36. The van der Waals surface area contributed by atoms with E-state index >= 15 is 0 Å². The highest BCUT2D eigenvalue weighted by molar-refractivity contribution is 7.71. The molecule has 48 valence electrons. The van der Waals surface area contributed by atoms with Crippen molar-refractivity contribution in [1.82, 2.24) is 4.98 Å². The summed E-state index contributed by atoms with van der Waals surface area (Å²) in [5, 5.41) is 0. The molecule has 1 rings (SSSR count). The molecule has 0 bridgehead atoms. The highest BCUT2D eigenvalue weighted by atomic mass is 32.1. The second kappa shape index (κ2) is 2.27. The fourth-order valence-electron chi connectivity index (χ4n) is 0.676. The normalized spacial score (nSPS) is 9.56. The molecule has 0 radical (unpaired) electrons. The maximum absolute atomic E-state index is 4.94. The Kier molecular flexibility index (Phi) is 1.62. The molecule has 0 spiro atoms. The van der Waals surface area contributed by atoms with Gasteiger partial charge < -0.3 is 0 Å². The van der Waals surface area contributed by atoms with E-state index in [1.165, 1.54) is 0 Å². The van der Waals surface area contributed by atoms with E-state index in [0.717, 1.165) is 10.2 Å². The van der Waals surface area contributed by atoms with Crippen molar-refractivity contribution in [2.45, 2.75) is 6.92 Å². The van der Waals surface area contributed by atoms with Gasteiger partial charge in [-0.15, -0.1) is 0 Å². The fraction of sp³-hybridized carbons (Fsp3) is 0.333. The Morgan fingerprint density at radius 2 is 2.33 bits per heavy atom. The van der Waals surface area contributed by atoms with Gasteiger partial charge in [0, 0.05) is 5.56 Å². The molecule has 9 heavy (non-hydrogen) atoms. The highest BCUT2D eigenvalue weighted by Gasteiger charge is 1.92. The zero-order valence-electron chi connectivity index (χ0n) is 5.51. The van der Waals surface area contributed by atoms with Crippen molar-refractivity contribution in [3.63, 3.8) is 0 Å². The molecular weight excluding hydrogens is 132 g/mol. The summed E-state index contributed by atoms with van der Waals surface area (Å²) in [5.41, 5.74) is 1.11. The topological polar surface area (TPSA) is 19.7 Å². The number of rotatable bonds is 0. The molecule has 0 saturated carbocycles. The Bertz CT molecular complexity index is 264. The molecule has 0 aliphatic heterocycles. The Labute approximate surface area is 59.2 Å². The van der Waals surface area contributed by atoms with Gasteiger partial charge in [0.15, 0.2) is 4.64 Å². The average molecular weight is 141 g/mol. The Morgan fingerprint density at radius 1 is 1.67 bits per heavy atom. The fourth-order valence-corrected chi connectivity index (χ4v) is 0.781. The lowest BCUT2D eigenvalue weighted by atomic mass is 10.4. The summed E-state index contributed by atoms with van der Waals surface area (Å²) in [5.74, 6) is 0. The number of hydrogen-bond donors (Lipinski definition) is 1. The first-order chi connectivity index (χ1) is 4.20. The van der Waals surface area contributed by atoms with E-state index in [0.29, 0.717) is 0 Å². The van der Waals surface area contributed by atoms with Crippen LogP contribution in [0.25, 0.3) is 0 Å². The van der Waals surface area contributed by atoms with Crippen LogP contribution in [0.15, 0.2) is 12.5 Å². The molecule has 0 amide bonds. The van der Waals surface area contributed by atoms with Crippen LogP contribution in [-0.4, -0.2) is 4.98 Å². The lowest BCUT2D eigenvalue weighted by Gasteiger charge is -1.88. The zero-order chi connectivity index (χ0) is 6.85. The van der Waals surface area contributed by atoms with Crippen molar-refractivity contribution in [3.05, 3.63) is 22.7 Å². The molecule has 0 aliphatic rings. The zero-order valence-corrected chi connectivity index (χ0v) is 6.33. The van der Waals surface area contributed by atoms with Crippen LogP contribution in [0.3, 0.4) is 0 Å². The molecule has 1 heterocycles. The molecule has 0 fully saturated rings. The summed E-state index contributed by atoms with van der Waals surface area (Å²) in [6.45, 7) is 1.98. The van der Waals surface area contributed by atoms with Gasteiger partial charge in [-0.25, -0.2) is 9.55 Å². The number of aromatic amines is 1. The van der Waals surface area contributed by atoms with Gasteiger partial charge in [0.25, 0.3) is 0 Å². The molecule has 1 N–H and O–H groups in total. The predicted molar refractivity (Wildman–Crippen MR) is 37.5 cm³/mol. The molecule has 3 heteroatoms. The number of aryl methyl sites for hydroxylation is 2. The third-order valence-corrected chi connectivity index (χ3v) is 1.59. The predicted octanol–water partition coefficient (Wildman–Crippen LogP) is 0.877. The van der Waals surface area contributed by atoms with Gasteiger partial charge >= 0.3 is 0 Å². The lowest BCUT2D eigenvalue weighted by molar-refractivity contribution is -0.675. The summed E-state index contributed by atoms with van der Waals surface area (Å²) in [6, 6.07) is 0. The molecule has 0 atom stereocenters. The van der Waals surface area contributed by atoms with Gasteiger partial charge in [0.05, 0.1) is 13.2 Å². The number of nitrogens with zero attached hydrogens (tertiary/aromatic N) is 1. The maximum atomic E-state index is 4.94. The summed E-state index contributed by atoms with van der Waals surface area (Å²) in [4.78, 5) is 2.95. The number of nitrogens with one attached hydrogen (secondary N) is 1.